The van der Waals surface area contributed by atoms with Crippen molar-refractivity contribution >= 4 is 0 Å². The topological polar surface area (TPSA) is 29.3 Å². The fourth-order valence-electron chi connectivity index (χ4n) is 2.95. The Morgan fingerprint density at radius 2 is 1.89 bits per heavy atom. The zero-order valence-corrected chi connectivity index (χ0v) is 12.6. The van der Waals surface area contributed by atoms with Crippen LogP contribution in [0.4, 0.5) is 0 Å². The van der Waals surface area contributed by atoms with Gasteiger partial charge in [0.1, 0.15) is 0 Å². The van der Waals surface area contributed by atoms with E-state index < -0.39 is 0 Å². The third kappa shape index (κ3) is 3.58. The molecule has 1 aliphatic carbocycles. The molecule has 0 bridgehead atoms. The lowest BCUT2D eigenvalue weighted by atomic mass is 10.0. The Morgan fingerprint density at radius 1 is 1.26 bits per heavy atom. The lowest BCUT2D eigenvalue weighted by molar-refractivity contribution is 0.170. The van der Waals surface area contributed by atoms with E-state index in [2.05, 4.69) is 50.1 Å². The first kappa shape index (κ1) is 14.5. The van der Waals surface area contributed by atoms with Crippen LogP contribution in [0.5, 0.6) is 0 Å². The molecule has 2 nitrogen and oxygen atoms in total. The summed E-state index contributed by atoms with van der Waals surface area (Å²) in [7, 11) is 2.22. The molecule has 2 N–H and O–H groups in total. The van der Waals surface area contributed by atoms with Crippen molar-refractivity contribution in [2.45, 2.75) is 51.6 Å². The zero-order valence-electron chi connectivity index (χ0n) is 12.6. The second-order valence-corrected chi connectivity index (χ2v) is 5.97. The van der Waals surface area contributed by atoms with Gasteiger partial charge in [-0.2, -0.15) is 0 Å². The average molecular weight is 260 g/mol. The molecule has 106 valence electrons. The van der Waals surface area contributed by atoms with Gasteiger partial charge in [0.25, 0.3) is 0 Å². The van der Waals surface area contributed by atoms with Crippen molar-refractivity contribution in [3.8, 4) is 0 Å². The van der Waals surface area contributed by atoms with Gasteiger partial charge in [-0.05, 0) is 50.3 Å². The quantitative estimate of drug-likeness (QED) is 0.814. The molecule has 1 aliphatic rings. The molecular formula is C17H28N2. The summed E-state index contributed by atoms with van der Waals surface area (Å²) in [6, 6.07) is 10.1. The summed E-state index contributed by atoms with van der Waals surface area (Å²) in [6.45, 7) is 5.30. The number of rotatable bonds is 7. The second-order valence-electron chi connectivity index (χ2n) is 5.97. The Hall–Kier alpha value is -0.860. The van der Waals surface area contributed by atoms with Gasteiger partial charge in [0.15, 0.2) is 0 Å². The predicted molar refractivity (Wildman–Crippen MR) is 82.2 cm³/mol. The third-order valence-corrected chi connectivity index (χ3v) is 4.54. The van der Waals surface area contributed by atoms with Crippen LogP contribution in [-0.2, 0) is 6.42 Å². The fraction of sp³-hybridized carbons (Fsp3) is 0.647. The Balaban J connectivity index is 2.02. The molecule has 2 rings (SSSR count). The maximum atomic E-state index is 5.95. The van der Waals surface area contributed by atoms with E-state index in [0.29, 0.717) is 12.1 Å². The number of hydrogen-bond donors (Lipinski definition) is 1. The minimum Gasteiger partial charge on any atom is -0.329 e. The van der Waals surface area contributed by atoms with Gasteiger partial charge in [0.2, 0.25) is 0 Å². The molecule has 1 saturated carbocycles. The number of aryl methyl sites for hydroxylation is 1. The number of hydrogen-bond acceptors (Lipinski definition) is 2. The Bertz CT molecular complexity index is 381. The highest BCUT2D eigenvalue weighted by Gasteiger charge is 2.34. The van der Waals surface area contributed by atoms with Crippen LogP contribution < -0.4 is 5.73 Å². The van der Waals surface area contributed by atoms with Gasteiger partial charge in [-0.25, -0.2) is 0 Å². The van der Waals surface area contributed by atoms with Crippen LogP contribution in [0.25, 0.3) is 0 Å². The lowest BCUT2D eigenvalue weighted by Gasteiger charge is -2.33. The van der Waals surface area contributed by atoms with E-state index in [1.807, 2.05) is 0 Å². The Morgan fingerprint density at radius 3 is 2.37 bits per heavy atom. The number of benzene rings is 1. The van der Waals surface area contributed by atoms with Gasteiger partial charge < -0.3 is 5.73 Å². The van der Waals surface area contributed by atoms with Crippen molar-refractivity contribution in [3.63, 3.8) is 0 Å². The van der Waals surface area contributed by atoms with Gasteiger partial charge in [-0.3, -0.25) is 4.90 Å². The van der Waals surface area contributed by atoms with Crippen molar-refractivity contribution < 1.29 is 0 Å². The first-order valence-electron chi connectivity index (χ1n) is 7.68. The average Bonchev–Trinajstić information content (AvgIpc) is 3.24. The van der Waals surface area contributed by atoms with E-state index in [-0.39, 0.29) is 0 Å². The Kier molecular flexibility index (Phi) is 5.00. The van der Waals surface area contributed by atoms with Crippen LogP contribution in [0.15, 0.2) is 24.3 Å². The molecule has 0 amide bonds. The minimum absolute atomic E-state index is 0.449. The van der Waals surface area contributed by atoms with E-state index >= 15 is 0 Å². The third-order valence-electron chi connectivity index (χ3n) is 4.54. The van der Waals surface area contributed by atoms with Crippen LogP contribution in [0.1, 0.15) is 50.3 Å². The number of nitrogens with zero attached hydrogens (tertiary/aromatic N) is 1. The second kappa shape index (κ2) is 6.53. The smallest absolute Gasteiger partial charge is 0.0320 e. The number of nitrogens with two attached hydrogens (primary N) is 1. The van der Waals surface area contributed by atoms with Gasteiger partial charge in [0.05, 0.1) is 0 Å². The lowest BCUT2D eigenvalue weighted by Crippen LogP contribution is -2.41. The first-order chi connectivity index (χ1) is 9.17. The van der Waals surface area contributed by atoms with E-state index in [1.54, 1.807) is 0 Å². The summed E-state index contributed by atoms with van der Waals surface area (Å²) in [5, 5.41) is 0. The molecule has 0 saturated heterocycles. The van der Waals surface area contributed by atoms with Crippen LogP contribution in [0, 0.1) is 5.92 Å². The minimum atomic E-state index is 0.449. The molecule has 0 radical (unpaired) electrons. The molecule has 2 heteroatoms. The van der Waals surface area contributed by atoms with E-state index in [4.69, 9.17) is 5.73 Å². The van der Waals surface area contributed by atoms with Crippen molar-refractivity contribution in [2.75, 3.05) is 13.6 Å². The highest BCUT2D eigenvalue weighted by molar-refractivity contribution is 5.25. The van der Waals surface area contributed by atoms with Crippen LogP contribution >= 0.6 is 0 Å². The molecule has 1 fully saturated rings. The highest BCUT2D eigenvalue weighted by atomic mass is 15.2. The zero-order chi connectivity index (χ0) is 13.8. The summed E-state index contributed by atoms with van der Waals surface area (Å²) in [4.78, 5) is 2.46. The molecule has 0 aromatic heterocycles. The molecular weight excluding hydrogens is 232 g/mol. The van der Waals surface area contributed by atoms with Crippen molar-refractivity contribution in [1.82, 2.24) is 4.90 Å². The molecule has 2 atom stereocenters. The summed E-state index contributed by atoms with van der Waals surface area (Å²) in [5.74, 6) is 0.830. The van der Waals surface area contributed by atoms with Crippen LogP contribution in [-0.4, -0.2) is 24.5 Å². The maximum Gasteiger partial charge on any atom is 0.0320 e. The predicted octanol–water partition coefficient (Wildman–Crippen LogP) is 3.37. The molecule has 0 heterocycles. The van der Waals surface area contributed by atoms with Crippen molar-refractivity contribution in [1.29, 1.82) is 0 Å². The standard InChI is InChI=1S/C17H28N2/c1-4-5-14-6-8-15(9-7-14)13(2)19(3)17(12-18)16-10-11-16/h6-9,13,16-17H,4-5,10-12,18H2,1-3H3. The van der Waals surface area contributed by atoms with Crippen molar-refractivity contribution in [2.24, 2.45) is 11.7 Å². The van der Waals surface area contributed by atoms with Gasteiger partial charge in [0, 0.05) is 18.6 Å². The molecule has 0 spiro atoms. The molecule has 1 aromatic rings. The summed E-state index contributed by atoms with van der Waals surface area (Å²) >= 11 is 0. The first-order valence-corrected chi connectivity index (χ1v) is 7.68. The highest BCUT2D eigenvalue weighted by Crippen LogP contribution is 2.37. The largest absolute Gasteiger partial charge is 0.329 e. The van der Waals surface area contributed by atoms with Gasteiger partial charge in [-0.15, -0.1) is 0 Å². The molecule has 2 unspecified atom stereocenters. The monoisotopic (exact) mass is 260 g/mol. The van der Waals surface area contributed by atoms with E-state index in [9.17, 15) is 0 Å². The summed E-state index contributed by atoms with van der Waals surface area (Å²) < 4.78 is 0. The van der Waals surface area contributed by atoms with Gasteiger partial charge in [-0.1, -0.05) is 37.6 Å². The SMILES string of the molecule is CCCc1ccc(C(C)N(C)C(CN)C2CC2)cc1. The fourth-order valence-corrected chi connectivity index (χ4v) is 2.95. The number of likely N-dealkylation sites (N-methyl/N-ethyl adjacent to an activating group) is 1. The van der Waals surface area contributed by atoms with E-state index in [1.165, 1.54) is 36.8 Å². The Labute approximate surface area is 118 Å². The van der Waals surface area contributed by atoms with Crippen LogP contribution in [0.3, 0.4) is 0 Å². The summed E-state index contributed by atoms with van der Waals surface area (Å²) in [5.41, 5.74) is 8.80. The van der Waals surface area contributed by atoms with Crippen molar-refractivity contribution in [3.05, 3.63) is 35.4 Å². The van der Waals surface area contributed by atoms with Crippen LogP contribution in [0.2, 0.25) is 0 Å². The normalized spacial score (nSPS) is 18.6. The molecule has 0 aliphatic heterocycles. The van der Waals surface area contributed by atoms with E-state index in [0.717, 1.165) is 12.5 Å². The maximum absolute atomic E-state index is 5.95. The molecule has 1 aromatic carbocycles. The van der Waals surface area contributed by atoms with Gasteiger partial charge >= 0.3 is 0 Å². The molecule has 19 heavy (non-hydrogen) atoms. The summed E-state index contributed by atoms with van der Waals surface area (Å²) in [6.07, 6.45) is 5.10.